The number of rotatable bonds is 5. The summed E-state index contributed by atoms with van der Waals surface area (Å²) in [6.07, 6.45) is 0. The first-order chi connectivity index (χ1) is 14.8. The Morgan fingerprint density at radius 2 is 1.31 bits per heavy atom. The van der Waals surface area contributed by atoms with Gasteiger partial charge in [0.2, 0.25) is 0 Å². The largest absolute Gasteiger partial charge is 0.508 e. The molecule has 0 aliphatic heterocycles. The number of hydrogen-bond donors (Lipinski definition) is 1. The molecule has 3 aromatic carbocycles. The smallest absolute Gasteiger partial charge is 0.337 e. The molecule has 0 unspecified atom stereocenters. The van der Waals surface area contributed by atoms with Crippen molar-refractivity contribution in [1.29, 1.82) is 0 Å². The van der Waals surface area contributed by atoms with Crippen molar-refractivity contribution in [3.05, 3.63) is 94.5 Å². The van der Waals surface area contributed by atoms with Gasteiger partial charge in [-0.1, -0.05) is 37.8 Å². The molecule has 0 spiro atoms. The van der Waals surface area contributed by atoms with Crippen molar-refractivity contribution in [1.82, 2.24) is 0 Å². The fraction of sp³-hybridized carbons (Fsp3) is 0.231. The van der Waals surface area contributed by atoms with Gasteiger partial charge in [0.05, 0.1) is 25.3 Å². The second-order valence-electron chi connectivity index (χ2n) is 6.74. The number of esters is 2. The lowest BCUT2D eigenvalue weighted by Crippen LogP contribution is -2.03. The maximum absolute atomic E-state index is 11.4. The Labute approximate surface area is 189 Å². The van der Waals surface area contributed by atoms with Gasteiger partial charge in [0, 0.05) is 0 Å². The van der Waals surface area contributed by atoms with Gasteiger partial charge in [-0.05, 0) is 66.9 Å². The van der Waals surface area contributed by atoms with Crippen LogP contribution in [0.1, 0.15) is 44.8 Å². The number of carbonyl (C=O) groups is 2. The lowest BCUT2D eigenvalue weighted by Gasteiger charge is -2.10. The van der Waals surface area contributed by atoms with Crippen LogP contribution in [0.4, 0.5) is 0 Å². The van der Waals surface area contributed by atoms with Gasteiger partial charge in [0.25, 0.3) is 0 Å². The van der Waals surface area contributed by atoms with Crippen LogP contribution in [0, 0.1) is 13.8 Å². The molecule has 3 rings (SSSR count). The summed E-state index contributed by atoms with van der Waals surface area (Å²) in [5.74, 6) is 0.231. The first-order valence-corrected chi connectivity index (χ1v) is 9.59. The summed E-state index contributed by atoms with van der Waals surface area (Å²) in [5.41, 5.74) is 3.68. The molecule has 0 fully saturated rings. The number of hydrogen-bond acceptors (Lipinski definition) is 6. The van der Waals surface area contributed by atoms with Gasteiger partial charge in [-0.25, -0.2) is 9.59 Å². The Hall–Kier alpha value is -3.80. The summed E-state index contributed by atoms with van der Waals surface area (Å²) in [4.78, 5) is 22.4. The van der Waals surface area contributed by atoms with Crippen LogP contribution in [0.3, 0.4) is 0 Å². The van der Waals surface area contributed by atoms with E-state index in [-0.39, 0.29) is 19.1 Å². The average molecular weight is 439 g/mol. The second-order valence-corrected chi connectivity index (χ2v) is 6.74. The molecule has 6 nitrogen and oxygen atoms in total. The fourth-order valence-corrected chi connectivity index (χ4v) is 2.69. The van der Waals surface area contributed by atoms with Crippen molar-refractivity contribution >= 4 is 11.9 Å². The van der Waals surface area contributed by atoms with Crippen LogP contribution >= 0.6 is 0 Å². The van der Waals surface area contributed by atoms with Gasteiger partial charge in [0.15, 0.2) is 0 Å². The van der Waals surface area contributed by atoms with Crippen molar-refractivity contribution in [2.75, 3.05) is 14.2 Å². The minimum Gasteiger partial charge on any atom is -0.508 e. The zero-order valence-electron chi connectivity index (χ0n) is 18.0. The summed E-state index contributed by atoms with van der Waals surface area (Å²) in [5, 5.41) is 9.15. The van der Waals surface area contributed by atoms with Gasteiger partial charge >= 0.3 is 11.9 Å². The van der Waals surface area contributed by atoms with E-state index in [1.165, 1.54) is 26.4 Å². The summed E-state index contributed by atoms with van der Waals surface area (Å²) in [6, 6.07) is 19.8. The zero-order valence-corrected chi connectivity index (χ0v) is 18.0. The van der Waals surface area contributed by atoms with Gasteiger partial charge in [0.1, 0.15) is 18.1 Å². The highest BCUT2D eigenvalue weighted by Crippen LogP contribution is 2.21. The third-order valence-electron chi connectivity index (χ3n) is 4.45. The molecular formula is C26H30O6. The van der Waals surface area contributed by atoms with E-state index in [0.717, 1.165) is 16.9 Å². The van der Waals surface area contributed by atoms with Crippen molar-refractivity contribution in [2.24, 2.45) is 0 Å². The molecule has 0 heterocycles. The molecule has 1 N–H and O–H groups in total. The van der Waals surface area contributed by atoms with Crippen LogP contribution in [-0.2, 0) is 16.1 Å². The summed E-state index contributed by atoms with van der Waals surface area (Å²) >= 11 is 0. The second kappa shape index (κ2) is 12.8. The van der Waals surface area contributed by atoms with E-state index in [9.17, 15) is 9.59 Å². The quantitative estimate of drug-likeness (QED) is 0.531. The molecule has 0 aliphatic carbocycles. The van der Waals surface area contributed by atoms with Gasteiger partial charge < -0.3 is 19.3 Å². The standard InChI is InChI=1S/C16H16O3.C9H10O3.CH4/c1-12-10-14(16(17)18-2)8-9-15(12)19-11-13-6-4-3-5-7-13;1-6-5-7(9(11)12-2)3-4-8(6)10;/h3-10H,11H2,1-2H3;3-5,10H,1-2H3;1H4. The van der Waals surface area contributed by atoms with E-state index in [0.29, 0.717) is 23.3 Å². The van der Waals surface area contributed by atoms with E-state index in [2.05, 4.69) is 9.47 Å². The number of phenolic OH excluding ortho intramolecular Hbond substituents is 1. The summed E-state index contributed by atoms with van der Waals surface area (Å²) < 4.78 is 14.9. The Kier molecular flexibility index (Phi) is 10.5. The summed E-state index contributed by atoms with van der Waals surface area (Å²) in [6.45, 7) is 4.15. The van der Waals surface area contributed by atoms with Crippen LogP contribution in [0.5, 0.6) is 11.5 Å². The van der Waals surface area contributed by atoms with E-state index < -0.39 is 5.97 Å². The van der Waals surface area contributed by atoms with Crippen LogP contribution in [0.25, 0.3) is 0 Å². The first-order valence-electron chi connectivity index (χ1n) is 9.59. The predicted molar refractivity (Wildman–Crippen MR) is 124 cm³/mol. The molecule has 0 aliphatic rings. The van der Waals surface area contributed by atoms with Gasteiger partial charge in [-0.3, -0.25) is 0 Å². The number of carbonyl (C=O) groups excluding carboxylic acids is 2. The number of ether oxygens (including phenoxy) is 3. The summed E-state index contributed by atoms with van der Waals surface area (Å²) in [7, 11) is 2.70. The van der Waals surface area contributed by atoms with E-state index in [4.69, 9.17) is 9.84 Å². The van der Waals surface area contributed by atoms with Crippen molar-refractivity contribution < 1.29 is 28.9 Å². The third kappa shape index (κ3) is 7.47. The molecule has 6 heteroatoms. The molecule has 0 bridgehead atoms. The maximum atomic E-state index is 11.4. The van der Waals surface area contributed by atoms with Crippen LogP contribution in [-0.4, -0.2) is 31.3 Å². The number of aryl methyl sites for hydroxylation is 2. The van der Waals surface area contributed by atoms with Crippen LogP contribution in [0.15, 0.2) is 66.7 Å². The Morgan fingerprint density at radius 1 is 0.781 bits per heavy atom. The first kappa shape index (κ1) is 26.2. The average Bonchev–Trinajstić information content (AvgIpc) is 2.80. The molecule has 0 saturated heterocycles. The van der Waals surface area contributed by atoms with Gasteiger partial charge in [-0.15, -0.1) is 0 Å². The van der Waals surface area contributed by atoms with E-state index >= 15 is 0 Å². The molecule has 0 radical (unpaired) electrons. The molecule has 32 heavy (non-hydrogen) atoms. The highest BCUT2D eigenvalue weighted by atomic mass is 16.5. The molecule has 0 aromatic heterocycles. The number of methoxy groups -OCH3 is 2. The molecule has 0 atom stereocenters. The highest BCUT2D eigenvalue weighted by molar-refractivity contribution is 5.90. The van der Waals surface area contributed by atoms with E-state index in [1.807, 2.05) is 37.3 Å². The zero-order chi connectivity index (χ0) is 22.8. The number of aromatic hydroxyl groups is 1. The van der Waals surface area contributed by atoms with Crippen molar-refractivity contribution in [2.45, 2.75) is 27.9 Å². The SMILES string of the molecule is C.COC(=O)c1ccc(O)c(C)c1.COC(=O)c1ccc(OCc2ccccc2)c(C)c1. The molecular weight excluding hydrogens is 408 g/mol. The predicted octanol–water partition coefficient (Wildman–Crippen LogP) is 5.48. The van der Waals surface area contributed by atoms with Gasteiger partial charge in [-0.2, -0.15) is 0 Å². The minimum atomic E-state index is -0.391. The third-order valence-corrected chi connectivity index (χ3v) is 4.45. The molecule has 0 amide bonds. The lowest BCUT2D eigenvalue weighted by atomic mass is 10.1. The maximum Gasteiger partial charge on any atom is 0.337 e. The Balaban J connectivity index is 0.000000342. The highest BCUT2D eigenvalue weighted by Gasteiger charge is 2.08. The van der Waals surface area contributed by atoms with Crippen molar-refractivity contribution in [3.63, 3.8) is 0 Å². The van der Waals surface area contributed by atoms with Crippen molar-refractivity contribution in [3.8, 4) is 11.5 Å². The fourth-order valence-electron chi connectivity index (χ4n) is 2.69. The number of phenols is 1. The Morgan fingerprint density at radius 3 is 1.81 bits per heavy atom. The molecule has 0 saturated carbocycles. The molecule has 3 aromatic rings. The molecule has 170 valence electrons. The van der Waals surface area contributed by atoms with Crippen LogP contribution in [0.2, 0.25) is 0 Å². The number of benzene rings is 3. The van der Waals surface area contributed by atoms with Crippen LogP contribution < -0.4 is 4.74 Å². The lowest BCUT2D eigenvalue weighted by molar-refractivity contribution is 0.0591. The van der Waals surface area contributed by atoms with E-state index in [1.54, 1.807) is 31.2 Å². The topological polar surface area (TPSA) is 82.1 Å². The monoisotopic (exact) mass is 438 g/mol. The minimum absolute atomic E-state index is 0. The Bertz CT molecular complexity index is 1030. The normalized spacial score (nSPS) is 9.50.